The van der Waals surface area contributed by atoms with Crippen LogP contribution >= 0.6 is 0 Å². The van der Waals surface area contributed by atoms with Crippen LogP contribution in [0.3, 0.4) is 0 Å². The van der Waals surface area contributed by atoms with Crippen molar-refractivity contribution >= 4 is 23.5 Å². The number of carboxylic acid groups (broad SMARTS) is 1. The number of aliphatic carboxylic acids is 1. The van der Waals surface area contributed by atoms with Crippen molar-refractivity contribution in [2.45, 2.75) is 32.7 Å². The van der Waals surface area contributed by atoms with E-state index in [1.807, 2.05) is 26.0 Å². The highest BCUT2D eigenvalue weighted by molar-refractivity contribution is 5.98. The zero-order chi connectivity index (χ0) is 21.1. The SMILES string of the molecule is CC(C)CC(=O)Nc1ccc(C(=O)N2CCc3ccccc3C2C(=O)O)cc1F. The average Bonchev–Trinajstić information content (AvgIpc) is 2.67. The van der Waals surface area contributed by atoms with Gasteiger partial charge in [-0.25, -0.2) is 9.18 Å². The zero-order valence-corrected chi connectivity index (χ0v) is 16.3. The number of anilines is 1. The second-order valence-electron chi connectivity index (χ2n) is 7.53. The zero-order valence-electron chi connectivity index (χ0n) is 16.3. The van der Waals surface area contributed by atoms with Crippen LogP contribution < -0.4 is 5.32 Å². The predicted octanol–water partition coefficient (Wildman–Crippen LogP) is 3.63. The molecule has 6 nitrogen and oxygen atoms in total. The number of hydrogen-bond donors (Lipinski definition) is 2. The van der Waals surface area contributed by atoms with Crippen LogP contribution in [0.15, 0.2) is 42.5 Å². The molecule has 29 heavy (non-hydrogen) atoms. The summed E-state index contributed by atoms with van der Waals surface area (Å²) in [6.07, 6.45) is 0.783. The Hall–Kier alpha value is -3.22. The molecule has 0 saturated heterocycles. The number of rotatable bonds is 5. The van der Waals surface area contributed by atoms with Crippen LogP contribution in [-0.2, 0) is 16.0 Å². The first-order valence-electron chi connectivity index (χ1n) is 9.49. The number of benzene rings is 2. The number of fused-ring (bicyclic) bond motifs is 1. The van der Waals surface area contributed by atoms with E-state index in [2.05, 4.69) is 5.32 Å². The van der Waals surface area contributed by atoms with E-state index in [4.69, 9.17) is 0 Å². The Balaban J connectivity index is 1.84. The number of carbonyl (C=O) groups is 3. The standard InChI is InChI=1S/C22H23FN2O4/c1-13(2)11-19(26)24-18-8-7-15(12-17(18)23)21(27)25-10-9-14-5-3-4-6-16(14)20(25)22(28)29/h3-8,12-13,20H,9-11H2,1-2H3,(H,24,26)(H,28,29). The van der Waals surface area contributed by atoms with E-state index in [1.165, 1.54) is 17.0 Å². The Bertz CT molecular complexity index is 958. The highest BCUT2D eigenvalue weighted by Crippen LogP contribution is 2.31. The van der Waals surface area contributed by atoms with Gasteiger partial charge in [-0.2, -0.15) is 0 Å². The molecule has 152 valence electrons. The lowest BCUT2D eigenvalue weighted by Gasteiger charge is -2.34. The van der Waals surface area contributed by atoms with Crippen molar-refractivity contribution in [3.63, 3.8) is 0 Å². The third-order valence-corrected chi connectivity index (χ3v) is 4.86. The molecule has 3 rings (SSSR count). The fourth-order valence-electron chi connectivity index (χ4n) is 3.54. The van der Waals surface area contributed by atoms with Gasteiger partial charge in [-0.1, -0.05) is 38.1 Å². The number of hydrogen-bond acceptors (Lipinski definition) is 3. The topological polar surface area (TPSA) is 86.7 Å². The Labute approximate surface area is 168 Å². The molecule has 0 aliphatic carbocycles. The summed E-state index contributed by atoms with van der Waals surface area (Å²) in [7, 11) is 0. The van der Waals surface area contributed by atoms with Crippen LogP contribution in [0.1, 0.15) is 47.8 Å². The molecule has 2 N–H and O–H groups in total. The molecule has 2 aromatic rings. The van der Waals surface area contributed by atoms with E-state index in [1.54, 1.807) is 12.1 Å². The number of halogens is 1. The van der Waals surface area contributed by atoms with Crippen molar-refractivity contribution < 1.29 is 23.9 Å². The summed E-state index contributed by atoms with van der Waals surface area (Å²) in [4.78, 5) is 37.9. The van der Waals surface area contributed by atoms with Crippen LogP contribution in [0.5, 0.6) is 0 Å². The summed E-state index contributed by atoms with van der Waals surface area (Å²) in [6, 6.07) is 9.74. The lowest BCUT2D eigenvalue weighted by molar-refractivity contribution is -0.143. The molecule has 1 aliphatic rings. The first kappa shape index (κ1) is 20.5. The summed E-state index contributed by atoms with van der Waals surface area (Å²) < 4.78 is 14.5. The molecule has 0 bridgehead atoms. The summed E-state index contributed by atoms with van der Waals surface area (Å²) in [5.41, 5.74) is 1.48. The summed E-state index contributed by atoms with van der Waals surface area (Å²) in [5, 5.41) is 12.2. The molecule has 7 heteroatoms. The molecule has 2 aromatic carbocycles. The fraction of sp³-hybridized carbons (Fsp3) is 0.318. The number of nitrogens with zero attached hydrogens (tertiary/aromatic N) is 1. The van der Waals surface area contributed by atoms with Gasteiger partial charge >= 0.3 is 5.97 Å². The number of nitrogens with one attached hydrogen (secondary N) is 1. The Morgan fingerprint density at radius 1 is 1.21 bits per heavy atom. The monoisotopic (exact) mass is 398 g/mol. The third kappa shape index (κ3) is 4.45. The van der Waals surface area contributed by atoms with Gasteiger partial charge in [0.25, 0.3) is 5.91 Å². The minimum Gasteiger partial charge on any atom is -0.479 e. The first-order chi connectivity index (χ1) is 13.8. The Morgan fingerprint density at radius 2 is 1.93 bits per heavy atom. The van der Waals surface area contributed by atoms with Crippen molar-refractivity contribution in [2.24, 2.45) is 5.92 Å². The summed E-state index contributed by atoms with van der Waals surface area (Å²) >= 11 is 0. The molecular weight excluding hydrogens is 375 g/mol. The van der Waals surface area contributed by atoms with Gasteiger partial charge in [0, 0.05) is 18.5 Å². The first-order valence-corrected chi connectivity index (χ1v) is 9.49. The van der Waals surface area contributed by atoms with Crippen molar-refractivity contribution in [3.8, 4) is 0 Å². The van der Waals surface area contributed by atoms with Crippen LogP contribution in [0.2, 0.25) is 0 Å². The lowest BCUT2D eigenvalue weighted by atomic mass is 9.92. The van der Waals surface area contributed by atoms with Crippen molar-refractivity contribution in [2.75, 3.05) is 11.9 Å². The van der Waals surface area contributed by atoms with Crippen LogP contribution in [0, 0.1) is 11.7 Å². The lowest BCUT2D eigenvalue weighted by Crippen LogP contribution is -2.43. The van der Waals surface area contributed by atoms with Gasteiger partial charge < -0.3 is 15.3 Å². The van der Waals surface area contributed by atoms with Gasteiger partial charge in [0.15, 0.2) is 6.04 Å². The largest absolute Gasteiger partial charge is 0.479 e. The number of carbonyl (C=O) groups excluding carboxylic acids is 2. The molecule has 2 amide bonds. The van der Waals surface area contributed by atoms with Crippen LogP contribution in [0.25, 0.3) is 0 Å². The number of carboxylic acids is 1. The van der Waals surface area contributed by atoms with Crippen LogP contribution in [0.4, 0.5) is 10.1 Å². The summed E-state index contributed by atoms with van der Waals surface area (Å²) in [6.45, 7) is 3.99. The molecule has 0 saturated carbocycles. The molecule has 0 spiro atoms. The molecule has 0 radical (unpaired) electrons. The summed E-state index contributed by atoms with van der Waals surface area (Å²) in [5.74, 6) is -2.61. The Morgan fingerprint density at radius 3 is 2.59 bits per heavy atom. The van der Waals surface area contributed by atoms with E-state index < -0.39 is 23.7 Å². The quantitative estimate of drug-likeness (QED) is 0.805. The average molecular weight is 398 g/mol. The maximum atomic E-state index is 14.5. The van der Waals surface area contributed by atoms with E-state index in [0.29, 0.717) is 12.0 Å². The van der Waals surface area contributed by atoms with Gasteiger partial charge in [-0.3, -0.25) is 9.59 Å². The number of amides is 2. The molecule has 0 aromatic heterocycles. The van der Waals surface area contributed by atoms with Gasteiger partial charge in [-0.15, -0.1) is 0 Å². The van der Waals surface area contributed by atoms with E-state index >= 15 is 0 Å². The minimum atomic E-state index is -1.14. The van der Waals surface area contributed by atoms with E-state index in [9.17, 15) is 23.9 Å². The van der Waals surface area contributed by atoms with Crippen molar-refractivity contribution in [1.82, 2.24) is 4.90 Å². The maximum Gasteiger partial charge on any atom is 0.331 e. The highest BCUT2D eigenvalue weighted by atomic mass is 19.1. The van der Waals surface area contributed by atoms with Crippen LogP contribution in [-0.4, -0.2) is 34.3 Å². The molecular formula is C22H23FN2O4. The van der Waals surface area contributed by atoms with Gasteiger partial charge in [-0.05, 0) is 41.7 Å². The van der Waals surface area contributed by atoms with Gasteiger partial charge in [0.05, 0.1) is 5.69 Å². The molecule has 1 aliphatic heterocycles. The molecule has 1 atom stereocenters. The normalized spacial score (nSPS) is 15.7. The highest BCUT2D eigenvalue weighted by Gasteiger charge is 2.36. The Kier molecular flexibility index (Phi) is 5.96. The smallest absolute Gasteiger partial charge is 0.331 e. The van der Waals surface area contributed by atoms with E-state index in [0.717, 1.165) is 11.6 Å². The van der Waals surface area contributed by atoms with Gasteiger partial charge in [0.1, 0.15) is 5.82 Å². The van der Waals surface area contributed by atoms with E-state index in [-0.39, 0.29) is 36.0 Å². The second-order valence-corrected chi connectivity index (χ2v) is 7.53. The third-order valence-electron chi connectivity index (χ3n) is 4.86. The minimum absolute atomic E-state index is 0.00836. The molecule has 1 heterocycles. The molecule has 0 fully saturated rings. The maximum absolute atomic E-state index is 14.5. The second kappa shape index (κ2) is 8.43. The van der Waals surface area contributed by atoms with Crippen molar-refractivity contribution in [3.05, 3.63) is 65.0 Å². The fourth-order valence-corrected chi connectivity index (χ4v) is 3.54. The predicted molar refractivity (Wildman–Crippen MR) is 106 cm³/mol. The van der Waals surface area contributed by atoms with Gasteiger partial charge in [0.2, 0.25) is 5.91 Å². The molecule has 1 unspecified atom stereocenters. The van der Waals surface area contributed by atoms with Crippen molar-refractivity contribution in [1.29, 1.82) is 0 Å².